The first-order valence-corrected chi connectivity index (χ1v) is 12.3. The van der Waals surface area contributed by atoms with Crippen molar-refractivity contribution in [2.75, 3.05) is 13.2 Å². The Bertz CT molecular complexity index is 1220. The largest absolute Gasteiger partial charge is 0.491 e. The van der Waals surface area contributed by atoms with Gasteiger partial charge in [0.25, 0.3) is 0 Å². The molecule has 1 fully saturated rings. The fourth-order valence-electron chi connectivity index (χ4n) is 4.57. The number of nitriles is 1. The maximum Gasteiger partial charge on any atom is 0.213 e. The molecular weight excluding hydrogens is 452 g/mol. The van der Waals surface area contributed by atoms with Gasteiger partial charge in [-0.25, -0.2) is 4.98 Å². The molecule has 1 saturated heterocycles. The summed E-state index contributed by atoms with van der Waals surface area (Å²) in [5, 5.41) is 8.74. The molecule has 0 radical (unpaired) electrons. The number of aryl methyl sites for hydroxylation is 3. The molecule has 188 valence electrons. The summed E-state index contributed by atoms with van der Waals surface area (Å²) in [6.45, 7) is 11.6. The van der Waals surface area contributed by atoms with E-state index in [0.29, 0.717) is 38.5 Å². The Balaban J connectivity index is 1.45. The summed E-state index contributed by atoms with van der Waals surface area (Å²) in [5.41, 5.74) is 8.04. The number of hydrogen-bond donors (Lipinski definition) is 0. The van der Waals surface area contributed by atoms with Gasteiger partial charge in [-0.15, -0.1) is 0 Å². The van der Waals surface area contributed by atoms with Crippen LogP contribution in [0.25, 0.3) is 11.1 Å². The van der Waals surface area contributed by atoms with Crippen LogP contribution in [-0.4, -0.2) is 30.1 Å². The van der Waals surface area contributed by atoms with E-state index in [1.54, 1.807) is 6.20 Å². The van der Waals surface area contributed by atoms with Gasteiger partial charge in [0, 0.05) is 18.7 Å². The van der Waals surface area contributed by atoms with Crippen LogP contribution >= 0.6 is 0 Å². The summed E-state index contributed by atoms with van der Waals surface area (Å²) in [4.78, 5) is 4.39. The van der Waals surface area contributed by atoms with Crippen molar-refractivity contribution < 1.29 is 18.9 Å². The van der Waals surface area contributed by atoms with Crippen molar-refractivity contribution in [2.24, 2.45) is 0 Å². The van der Waals surface area contributed by atoms with E-state index in [9.17, 15) is 0 Å². The minimum Gasteiger partial charge on any atom is -0.491 e. The molecule has 0 N–H and O–H groups in total. The van der Waals surface area contributed by atoms with Crippen molar-refractivity contribution in [1.29, 1.82) is 5.26 Å². The molecule has 1 aliphatic heterocycles. The molecule has 36 heavy (non-hydrogen) atoms. The van der Waals surface area contributed by atoms with Crippen LogP contribution in [0, 0.1) is 32.1 Å². The Morgan fingerprint density at radius 1 is 1.08 bits per heavy atom. The third kappa shape index (κ3) is 6.23. The lowest BCUT2D eigenvalue weighted by molar-refractivity contribution is -0.141. The first-order chi connectivity index (χ1) is 17.3. The van der Waals surface area contributed by atoms with E-state index < -0.39 is 5.79 Å². The molecule has 6 heteroatoms. The Labute approximate surface area is 213 Å². The average Bonchev–Trinajstić information content (AvgIpc) is 3.20. The average molecular weight is 487 g/mol. The smallest absolute Gasteiger partial charge is 0.213 e. The van der Waals surface area contributed by atoms with Crippen LogP contribution in [0.15, 0.2) is 48.7 Å². The third-order valence-corrected chi connectivity index (χ3v) is 6.42. The SMILES string of the molecule is Cc1cc(OC[C@@H]2COC(C)(C)O2)cc(C)c1-c1cccc(COc2ccc(CCC#N)cn2)c1C. The first-order valence-electron chi connectivity index (χ1n) is 12.3. The van der Waals surface area contributed by atoms with E-state index in [2.05, 4.69) is 62.2 Å². The predicted molar refractivity (Wildman–Crippen MR) is 139 cm³/mol. The standard InChI is InChI=1S/C30H34N2O4/c1-20-14-25(33-18-26-19-35-30(4,5)36-26)15-21(2)29(20)27-10-6-9-24(22(27)3)17-34-28-12-11-23(16-32-28)8-7-13-31/h6,9-12,14-16,26H,7-8,17-19H2,1-5H3/t26-/m1/s1. The number of aromatic nitrogens is 1. The van der Waals surface area contributed by atoms with E-state index in [1.807, 2.05) is 26.0 Å². The third-order valence-electron chi connectivity index (χ3n) is 6.42. The van der Waals surface area contributed by atoms with E-state index >= 15 is 0 Å². The Morgan fingerprint density at radius 2 is 1.86 bits per heavy atom. The lowest BCUT2D eigenvalue weighted by Gasteiger charge is -2.19. The number of pyridine rings is 1. The molecular formula is C30H34N2O4. The van der Waals surface area contributed by atoms with Gasteiger partial charge in [-0.1, -0.05) is 24.3 Å². The summed E-state index contributed by atoms with van der Waals surface area (Å²) < 4.78 is 23.5. The monoisotopic (exact) mass is 486 g/mol. The predicted octanol–water partition coefficient (Wildman–Crippen LogP) is 6.24. The molecule has 0 unspecified atom stereocenters. The molecule has 1 aliphatic rings. The van der Waals surface area contributed by atoms with E-state index in [-0.39, 0.29) is 6.10 Å². The number of nitrogens with zero attached hydrogens (tertiary/aromatic N) is 2. The van der Waals surface area contributed by atoms with Crippen LogP contribution in [0.3, 0.4) is 0 Å². The van der Waals surface area contributed by atoms with Gasteiger partial charge < -0.3 is 18.9 Å². The fraction of sp³-hybridized carbons (Fsp3) is 0.400. The van der Waals surface area contributed by atoms with E-state index in [0.717, 1.165) is 28.0 Å². The highest BCUT2D eigenvalue weighted by Crippen LogP contribution is 2.34. The minimum atomic E-state index is -0.548. The van der Waals surface area contributed by atoms with Crippen LogP contribution in [0.1, 0.15) is 48.1 Å². The molecule has 0 aliphatic carbocycles. The van der Waals surface area contributed by atoms with Crippen LogP contribution in [-0.2, 0) is 22.5 Å². The Morgan fingerprint density at radius 3 is 2.50 bits per heavy atom. The molecule has 2 heterocycles. The summed E-state index contributed by atoms with van der Waals surface area (Å²) in [6.07, 6.45) is 2.90. The van der Waals surface area contributed by atoms with Gasteiger partial charge in [0.2, 0.25) is 5.88 Å². The van der Waals surface area contributed by atoms with Gasteiger partial charge in [-0.2, -0.15) is 5.26 Å². The molecule has 0 spiro atoms. The summed E-state index contributed by atoms with van der Waals surface area (Å²) in [5.74, 6) is 0.867. The number of rotatable bonds is 9. The molecule has 1 aromatic heterocycles. The second-order valence-electron chi connectivity index (χ2n) is 9.73. The molecule has 0 amide bonds. The first kappa shape index (κ1) is 25.7. The molecule has 0 bridgehead atoms. The minimum absolute atomic E-state index is 0.0672. The van der Waals surface area contributed by atoms with Gasteiger partial charge >= 0.3 is 0 Å². The van der Waals surface area contributed by atoms with Crippen LogP contribution in [0.5, 0.6) is 11.6 Å². The van der Waals surface area contributed by atoms with Crippen molar-refractivity contribution in [3.63, 3.8) is 0 Å². The summed E-state index contributed by atoms with van der Waals surface area (Å²) in [7, 11) is 0. The van der Waals surface area contributed by atoms with Gasteiger partial charge in [-0.05, 0) is 92.1 Å². The maximum absolute atomic E-state index is 8.74. The highest BCUT2D eigenvalue weighted by molar-refractivity contribution is 5.75. The quantitative estimate of drug-likeness (QED) is 0.356. The second kappa shape index (κ2) is 11.1. The lowest BCUT2D eigenvalue weighted by Crippen LogP contribution is -2.25. The second-order valence-corrected chi connectivity index (χ2v) is 9.73. The molecule has 2 aromatic carbocycles. The number of benzene rings is 2. The van der Waals surface area contributed by atoms with Gasteiger partial charge in [0.05, 0.1) is 12.7 Å². The zero-order valence-electron chi connectivity index (χ0n) is 21.8. The van der Waals surface area contributed by atoms with Crippen molar-refractivity contribution in [3.8, 4) is 28.8 Å². The zero-order chi connectivity index (χ0) is 25.7. The fourth-order valence-corrected chi connectivity index (χ4v) is 4.57. The van der Waals surface area contributed by atoms with Gasteiger partial charge in [0.15, 0.2) is 5.79 Å². The van der Waals surface area contributed by atoms with E-state index in [4.69, 9.17) is 24.2 Å². The van der Waals surface area contributed by atoms with Crippen LogP contribution in [0.4, 0.5) is 0 Å². The summed E-state index contributed by atoms with van der Waals surface area (Å²) >= 11 is 0. The molecule has 1 atom stereocenters. The van der Waals surface area contributed by atoms with Crippen LogP contribution < -0.4 is 9.47 Å². The molecule has 0 saturated carbocycles. The number of ether oxygens (including phenoxy) is 4. The van der Waals surface area contributed by atoms with Gasteiger partial charge in [-0.3, -0.25) is 0 Å². The molecule has 6 nitrogen and oxygen atoms in total. The normalized spacial score (nSPS) is 16.5. The zero-order valence-corrected chi connectivity index (χ0v) is 21.8. The highest BCUT2D eigenvalue weighted by Gasteiger charge is 2.33. The Kier molecular flexibility index (Phi) is 7.93. The molecule has 3 aromatic rings. The molecule has 4 rings (SSSR count). The Hall–Kier alpha value is -3.40. The maximum atomic E-state index is 8.74. The van der Waals surface area contributed by atoms with Crippen molar-refractivity contribution >= 4 is 0 Å². The van der Waals surface area contributed by atoms with E-state index in [1.165, 1.54) is 16.7 Å². The van der Waals surface area contributed by atoms with Gasteiger partial charge in [0.1, 0.15) is 25.1 Å². The van der Waals surface area contributed by atoms with Crippen molar-refractivity contribution in [1.82, 2.24) is 4.98 Å². The summed E-state index contributed by atoms with van der Waals surface area (Å²) in [6, 6.07) is 16.5. The number of hydrogen-bond acceptors (Lipinski definition) is 6. The van der Waals surface area contributed by atoms with Crippen LogP contribution in [0.2, 0.25) is 0 Å². The van der Waals surface area contributed by atoms with Crippen molar-refractivity contribution in [3.05, 3.63) is 76.5 Å². The topological polar surface area (TPSA) is 73.6 Å². The lowest BCUT2D eigenvalue weighted by atomic mass is 9.90. The van der Waals surface area contributed by atoms with Crippen molar-refractivity contribution in [2.45, 2.75) is 66.0 Å². The highest BCUT2D eigenvalue weighted by atomic mass is 16.7.